The summed E-state index contributed by atoms with van der Waals surface area (Å²) in [6.45, 7) is 3.11. The van der Waals surface area contributed by atoms with Crippen molar-refractivity contribution < 1.29 is 14.7 Å². The monoisotopic (exact) mass is 489 g/mol. The molecule has 0 bridgehead atoms. The van der Waals surface area contributed by atoms with Gasteiger partial charge in [-0.3, -0.25) is 4.79 Å². The zero-order valence-corrected chi connectivity index (χ0v) is 22.2. The van der Waals surface area contributed by atoms with Gasteiger partial charge in [0.25, 0.3) is 0 Å². The van der Waals surface area contributed by atoms with E-state index >= 15 is 0 Å². The number of urea groups is 1. The molecule has 0 aliphatic carbocycles. The topological polar surface area (TPSA) is 90.5 Å². The zero-order valence-electron chi connectivity index (χ0n) is 22.2. The molecule has 1 aromatic rings. The molecule has 0 aliphatic rings. The van der Waals surface area contributed by atoms with Crippen LogP contribution < -0.4 is 16.0 Å². The molecule has 0 heterocycles. The summed E-state index contributed by atoms with van der Waals surface area (Å²) in [4.78, 5) is 23.7. The summed E-state index contributed by atoms with van der Waals surface area (Å²) in [6, 6.07) is 7.28. The van der Waals surface area contributed by atoms with Crippen LogP contribution in [0, 0.1) is 0 Å². The Balaban J connectivity index is 1.81. The number of hydrogen-bond donors (Lipinski definition) is 4. The third-order valence-corrected chi connectivity index (χ3v) is 6.41. The number of rotatable bonds is 22. The Labute approximate surface area is 214 Å². The first-order valence-electron chi connectivity index (χ1n) is 14.2. The number of benzene rings is 1. The average molecular weight is 490 g/mol. The molecule has 1 aromatic carbocycles. The van der Waals surface area contributed by atoms with Crippen LogP contribution in [0.4, 0.5) is 4.79 Å². The van der Waals surface area contributed by atoms with Gasteiger partial charge in [-0.1, -0.05) is 103 Å². The van der Waals surface area contributed by atoms with Gasteiger partial charge in [0.2, 0.25) is 5.91 Å². The van der Waals surface area contributed by atoms with Gasteiger partial charge in [-0.15, -0.1) is 0 Å². The van der Waals surface area contributed by atoms with E-state index in [2.05, 4.69) is 22.9 Å². The molecule has 1 rings (SSSR count). The first-order valence-corrected chi connectivity index (χ1v) is 14.2. The lowest BCUT2D eigenvalue weighted by Gasteiger charge is -2.09. The van der Waals surface area contributed by atoms with Crippen molar-refractivity contribution in [2.45, 2.75) is 122 Å². The van der Waals surface area contributed by atoms with Crippen LogP contribution in [0.3, 0.4) is 0 Å². The fourth-order valence-electron chi connectivity index (χ4n) is 4.17. The van der Waals surface area contributed by atoms with Gasteiger partial charge in [-0.05, 0) is 43.4 Å². The van der Waals surface area contributed by atoms with E-state index < -0.39 is 0 Å². The molecule has 0 radical (unpaired) electrons. The molecule has 0 spiro atoms. The Bertz CT molecular complexity index is 649. The third kappa shape index (κ3) is 19.7. The number of phenols is 1. The summed E-state index contributed by atoms with van der Waals surface area (Å²) < 4.78 is 0. The normalized spacial score (nSPS) is 10.8. The van der Waals surface area contributed by atoms with Crippen LogP contribution in [0.2, 0.25) is 0 Å². The highest BCUT2D eigenvalue weighted by Gasteiger charge is 2.03. The van der Waals surface area contributed by atoms with E-state index in [1.54, 1.807) is 12.1 Å². The first-order chi connectivity index (χ1) is 17.1. The van der Waals surface area contributed by atoms with Crippen molar-refractivity contribution >= 4 is 11.9 Å². The van der Waals surface area contributed by atoms with Crippen LogP contribution in [-0.4, -0.2) is 30.3 Å². The lowest BCUT2D eigenvalue weighted by atomic mass is 10.0. The van der Waals surface area contributed by atoms with Crippen molar-refractivity contribution in [3.05, 3.63) is 29.8 Å². The molecule has 200 valence electrons. The van der Waals surface area contributed by atoms with Crippen LogP contribution in [0.1, 0.15) is 122 Å². The number of carbonyl (C=O) groups excluding carboxylic acids is 2. The van der Waals surface area contributed by atoms with Gasteiger partial charge in [0.1, 0.15) is 5.75 Å². The van der Waals surface area contributed by atoms with Crippen molar-refractivity contribution in [3.8, 4) is 5.75 Å². The fourth-order valence-corrected chi connectivity index (χ4v) is 4.17. The molecule has 0 saturated heterocycles. The lowest BCUT2D eigenvalue weighted by Crippen LogP contribution is -2.42. The predicted octanol–water partition coefficient (Wildman–Crippen LogP) is 6.96. The number of aromatic hydroxyl groups is 1. The van der Waals surface area contributed by atoms with Crippen LogP contribution in [0.15, 0.2) is 24.3 Å². The highest BCUT2D eigenvalue weighted by molar-refractivity contribution is 5.77. The van der Waals surface area contributed by atoms with Gasteiger partial charge >= 0.3 is 6.03 Å². The van der Waals surface area contributed by atoms with Gasteiger partial charge in [-0.2, -0.15) is 0 Å². The standard InChI is InChI=1S/C29H51N3O3/c1-2-3-4-5-6-11-14-17-24-30-29(35)32-25-31-28(34)19-16-13-10-8-7-9-12-15-18-26-20-22-27(33)23-21-26/h20-23,33H,2-19,24-25H2,1H3,(H,31,34)(H2,30,32,35). The maximum absolute atomic E-state index is 11.9. The highest BCUT2D eigenvalue weighted by Crippen LogP contribution is 2.14. The van der Waals surface area contributed by atoms with E-state index in [1.165, 1.54) is 82.6 Å². The van der Waals surface area contributed by atoms with E-state index in [0.29, 0.717) is 18.7 Å². The average Bonchev–Trinajstić information content (AvgIpc) is 2.85. The Morgan fingerprint density at radius 2 is 1.20 bits per heavy atom. The van der Waals surface area contributed by atoms with E-state index in [4.69, 9.17) is 0 Å². The number of phenolic OH excluding ortho intramolecular Hbond substituents is 1. The molecular formula is C29H51N3O3. The summed E-state index contributed by atoms with van der Waals surface area (Å²) in [5, 5.41) is 17.6. The van der Waals surface area contributed by atoms with Gasteiger partial charge in [0.15, 0.2) is 0 Å². The van der Waals surface area contributed by atoms with Crippen LogP contribution >= 0.6 is 0 Å². The second-order valence-electron chi connectivity index (χ2n) is 9.68. The molecule has 0 aromatic heterocycles. The quantitative estimate of drug-likeness (QED) is 0.105. The summed E-state index contributed by atoms with van der Waals surface area (Å²) in [6.07, 6.45) is 20.9. The molecule has 6 heteroatoms. The molecule has 0 fully saturated rings. The van der Waals surface area contributed by atoms with E-state index in [1.807, 2.05) is 12.1 Å². The summed E-state index contributed by atoms with van der Waals surface area (Å²) in [5.74, 6) is 0.331. The van der Waals surface area contributed by atoms with Gasteiger partial charge in [0, 0.05) is 13.0 Å². The molecule has 6 nitrogen and oxygen atoms in total. The van der Waals surface area contributed by atoms with Crippen molar-refractivity contribution in [1.29, 1.82) is 0 Å². The molecule has 0 atom stereocenters. The maximum Gasteiger partial charge on any atom is 0.316 e. The van der Waals surface area contributed by atoms with E-state index in [0.717, 1.165) is 32.1 Å². The predicted molar refractivity (Wildman–Crippen MR) is 146 cm³/mol. The lowest BCUT2D eigenvalue weighted by molar-refractivity contribution is -0.121. The first kappa shape index (κ1) is 30.8. The summed E-state index contributed by atoms with van der Waals surface area (Å²) in [7, 11) is 0. The van der Waals surface area contributed by atoms with Gasteiger partial charge in [0.05, 0.1) is 6.67 Å². The molecule has 3 amide bonds. The molecule has 35 heavy (non-hydrogen) atoms. The molecular weight excluding hydrogens is 438 g/mol. The van der Waals surface area contributed by atoms with E-state index in [9.17, 15) is 14.7 Å². The Morgan fingerprint density at radius 1 is 0.657 bits per heavy atom. The second kappa shape index (κ2) is 22.2. The fraction of sp³-hybridized carbons (Fsp3) is 0.724. The minimum atomic E-state index is -0.212. The van der Waals surface area contributed by atoms with Crippen molar-refractivity contribution in [1.82, 2.24) is 16.0 Å². The third-order valence-electron chi connectivity index (χ3n) is 6.41. The summed E-state index contributed by atoms with van der Waals surface area (Å²) in [5.41, 5.74) is 1.29. The Kier molecular flexibility index (Phi) is 19.6. The summed E-state index contributed by atoms with van der Waals surface area (Å²) >= 11 is 0. The van der Waals surface area contributed by atoms with Crippen molar-refractivity contribution in [2.24, 2.45) is 0 Å². The van der Waals surface area contributed by atoms with Crippen LogP contribution in [-0.2, 0) is 11.2 Å². The minimum absolute atomic E-state index is 0.00241. The number of amides is 3. The number of nitrogens with one attached hydrogen (secondary N) is 3. The number of hydrogen-bond acceptors (Lipinski definition) is 3. The zero-order chi connectivity index (χ0) is 25.4. The van der Waals surface area contributed by atoms with E-state index in [-0.39, 0.29) is 18.6 Å². The molecule has 0 aliphatic heterocycles. The molecule has 0 unspecified atom stereocenters. The van der Waals surface area contributed by atoms with Crippen molar-refractivity contribution in [2.75, 3.05) is 13.2 Å². The van der Waals surface area contributed by atoms with Crippen LogP contribution in [0.25, 0.3) is 0 Å². The SMILES string of the molecule is CCCCCCCCCCNC(=O)NCNC(=O)CCCCCCCCCCc1ccc(O)cc1. The number of unbranched alkanes of at least 4 members (excludes halogenated alkanes) is 14. The van der Waals surface area contributed by atoms with Crippen molar-refractivity contribution in [3.63, 3.8) is 0 Å². The number of carbonyl (C=O) groups is 2. The largest absolute Gasteiger partial charge is 0.508 e. The van der Waals surface area contributed by atoms with Gasteiger partial charge < -0.3 is 21.1 Å². The van der Waals surface area contributed by atoms with Gasteiger partial charge in [-0.25, -0.2) is 4.79 Å². The smallest absolute Gasteiger partial charge is 0.316 e. The number of aryl methyl sites for hydroxylation is 1. The Morgan fingerprint density at radius 3 is 1.83 bits per heavy atom. The molecule has 4 N–H and O–H groups in total. The second-order valence-corrected chi connectivity index (χ2v) is 9.68. The molecule has 0 saturated carbocycles. The maximum atomic E-state index is 11.9. The van der Waals surface area contributed by atoms with Crippen LogP contribution in [0.5, 0.6) is 5.75 Å². The highest BCUT2D eigenvalue weighted by atomic mass is 16.3. The Hall–Kier alpha value is -2.24. The minimum Gasteiger partial charge on any atom is -0.508 e.